The number of methoxy groups -OCH3 is 1. The molecule has 0 aliphatic carbocycles. The monoisotopic (exact) mass is 436 g/mol. The molecule has 1 amide bonds. The number of benzene rings is 1. The van der Waals surface area contributed by atoms with Gasteiger partial charge in [-0.15, -0.1) is 10.2 Å². The van der Waals surface area contributed by atoms with E-state index in [1.165, 1.54) is 27.5 Å². The number of anilines is 1. The molecule has 1 unspecified atom stereocenters. The highest BCUT2D eigenvalue weighted by molar-refractivity contribution is 8.01. The number of aromatic nitrogens is 4. The quantitative estimate of drug-likeness (QED) is 0.581. The molecule has 3 heterocycles. The molecule has 4 rings (SSSR count). The third-order valence-corrected chi connectivity index (χ3v) is 5.80. The van der Waals surface area contributed by atoms with Gasteiger partial charge >= 0.3 is 0 Å². The summed E-state index contributed by atoms with van der Waals surface area (Å²) < 4.78 is 12.5. The highest BCUT2D eigenvalue weighted by Crippen LogP contribution is 2.35. The van der Waals surface area contributed by atoms with E-state index < -0.39 is 5.56 Å². The van der Waals surface area contributed by atoms with E-state index in [0.717, 1.165) is 16.9 Å². The zero-order chi connectivity index (χ0) is 22.0. The Morgan fingerprint density at radius 3 is 2.87 bits per heavy atom. The number of carbonyl (C=O) groups excluding carboxylic acids is 1. The standard InChI is InChI=1S/C21H20N6O3S/c1-4-30-21-26(18(28)12-31-21)20-15(10-22)11-23-27(20)19-13(2)8-17(24-25-19)14-6-5-7-16(9-14)29-3/h5-9,11,21H,4,12H2,1-3H3. The molecule has 2 aromatic heterocycles. The van der Waals surface area contributed by atoms with Crippen LogP contribution >= 0.6 is 11.8 Å². The van der Waals surface area contributed by atoms with Crippen LogP contribution in [0.2, 0.25) is 0 Å². The number of nitriles is 1. The highest BCUT2D eigenvalue weighted by atomic mass is 32.2. The van der Waals surface area contributed by atoms with Crippen LogP contribution in [0.3, 0.4) is 0 Å². The van der Waals surface area contributed by atoms with Crippen molar-refractivity contribution in [2.45, 2.75) is 19.4 Å². The lowest BCUT2D eigenvalue weighted by Crippen LogP contribution is -2.36. The molecule has 0 saturated carbocycles. The highest BCUT2D eigenvalue weighted by Gasteiger charge is 2.38. The van der Waals surface area contributed by atoms with Gasteiger partial charge in [0.1, 0.15) is 17.4 Å². The van der Waals surface area contributed by atoms with Gasteiger partial charge in [-0.3, -0.25) is 9.69 Å². The SMILES string of the molecule is CCOC1SCC(=O)N1c1c(C#N)cnn1-c1nnc(-c2cccc(OC)c2)cc1C. The van der Waals surface area contributed by atoms with Crippen molar-refractivity contribution in [2.24, 2.45) is 0 Å². The van der Waals surface area contributed by atoms with Crippen LogP contribution in [0.1, 0.15) is 18.1 Å². The molecule has 1 aliphatic rings. The first-order valence-corrected chi connectivity index (χ1v) is 10.6. The number of amides is 1. The molecule has 0 N–H and O–H groups in total. The lowest BCUT2D eigenvalue weighted by atomic mass is 10.1. The van der Waals surface area contributed by atoms with Gasteiger partial charge in [0.2, 0.25) is 5.91 Å². The first-order chi connectivity index (χ1) is 15.1. The van der Waals surface area contributed by atoms with Crippen molar-refractivity contribution in [3.05, 3.63) is 47.7 Å². The molecular weight excluding hydrogens is 416 g/mol. The zero-order valence-electron chi connectivity index (χ0n) is 17.3. The average molecular weight is 436 g/mol. The van der Waals surface area contributed by atoms with Crippen LogP contribution in [0.25, 0.3) is 17.1 Å². The molecule has 1 aliphatic heterocycles. The van der Waals surface area contributed by atoms with E-state index in [-0.39, 0.29) is 17.2 Å². The number of hydrogen-bond donors (Lipinski definition) is 0. The Balaban J connectivity index is 1.78. The Bertz CT molecular complexity index is 1170. The molecule has 0 spiro atoms. The van der Waals surface area contributed by atoms with E-state index in [1.807, 2.05) is 44.2 Å². The third kappa shape index (κ3) is 3.85. The largest absolute Gasteiger partial charge is 0.497 e. The molecule has 9 nitrogen and oxygen atoms in total. The normalized spacial score (nSPS) is 15.9. The summed E-state index contributed by atoms with van der Waals surface area (Å²) >= 11 is 1.37. The van der Waals surface area contributed by atoms with E-state index in [0.29, 0.717) is 23.9 Å². The Hall–Kier alpha value is -3.42. The van der Waals surface area contributed by atoms with Crippen LogP contribution in [0, 0.1) is 18.3 Å². The van der Waals surface area contributed by atoms with Crippen LogP contribution in [0.5, 0.6) is 5.75 Å². The number of hydrogen-bond acceptors (Lipinski definition) is 8. The van der Waals surface area contributed by atoms with Crippen LogP contribution in [-0.2, 0) is 9.53 Å². The van der Waals surface area contributed by atoms with Crippen LogP contribution in [0.15, 0.2) is 36.5 Å². The van der Waals surface area contributed by atoms with Gasteiger partial charge in [0, 0.05) is 12.2 Å². The smallest absolute Gasteiger partial charge is 0.241 e. The van der Waals surface area contributed by atoms with Crippen molar-refractivity contribution in [1.29, 1.82) is 5.26 Å². The summed E-state index contributed by atoms with van der Waals surface area (Å²) in [6, 6.07) is 11.5. The number of rotatable bonds is 6. The first-order valence-electron chi connectivity index (χ1n) is 9.59. The van der Waals surface area contributed by atoms with E-state index in [4.69, 9.17) is 9.47 Å². The predicted molar refractivity (Wildman–Crippen MR) is 116 cm³/mol. The number of carbonyl (C=O) groups is 1. The van der Waals surface area contributed by atoms with Crippen molar-refractivity contribution in [2.75, 3.05) is 24.4 Å². The molecule has 0 radical (unpaired) electrons. The summed E-state index contributed by atoms with van der Waals surface area (Å²) in [5.41, 5.74) is 2.06. The molecule has 3 aromatic rings. The molecule has 1 aromatic carbocycles. The number of ether oxygens (including phenoxy) is 2. The lowest BCUT2D eigenvalue weighted by molar-refractivity contribution is -0.116. The topological polar surface area (TPSA) is 106 Å². The summed E-state index contributed by atoms with van der Waals surface area (Å²) in [4.78, 5) is 14.1. The molecule has 0 bridgehead atoms. The van der Waals surface area contributed by atoms with E-state index in [1.54, 1.807) is 7.11 Å². The lowest BCUT2D eigenvalue weighted by Gasteiger charge is -2.24. The Kier molecular flexibility index (Phi) is 5.88. The average Bonchev–Trinajstić information content (AvgIpc) is 3.36. The van der Waals surface area contributed by atoms with Gasteiger partial charge in [-0.2, -0.15) is 15.0 Å². The molecule has 31 heavy (non-hydrogen) atoms. The number of thioether (sulfide) groups is 1. The molecule has 10 heteroatoms. The molecular formula is C21H20N6O3S. The van der Waals surface area contributed by atoms with Crippen molar-refractivity contribution < 1.29 is 14.3 Å². The van der Waals surface area contributed by atoms with Crippen LogP contribution in [-0.4, -0.2) is 50.9 Å². The minimum absolute atomic E-state index is 0.152. The minimum Gasteiger partial charge on any atom is -0.497 e. The van der Waals surface area contributed by atoms with Gasteiger partial charge < -0.3 is 9.47 Å². The summed E-state index contributed by atoms with van der Waals surface area (Å²) in [5.74, 6) is 1.60. The predicted octanol–water partition coefficient (Wildman–Crippen LogP) is 2.92. The second-order valence-electron chi connectivity index (χ2n) is 6.71. The summed E-state index contributed by atoms with van der Waals surface area (Å²) in [6.45, 7) is 4.17. The van der Waals surface area contributed by atoms with Crippen molar-refractivity contribution >= 4 is 23.5 Å². The van der Waals surface area contributed by atoms with Gasteiger partial charge in [-0.1, -0.05) is 23.9 Å². The maximum Gasteiger partial charge on any atom is 0.241 e. The first kappa shape index (κ1) is 20.8. The second-order valence-corrected chi connectivity index (χ2v) is 7.74. The Labute approximate surface area is 183 Å². The van der Waals surface area contributed by atoms with E-state index in [9.17, 15) is 10.1 Å². The molecule has 1 atom stereocenters. The fraction of sp³-hybridized carbons (Fsp3) is 0.286. The van der Waals surface area contributed by atoms with Gasteiger partial charge in [0.25, 0.3) is 0 Å². The van der Waals surface area contributed by atoms with Crippen LogP contribution < -0.4 is 9.64 Å². The molecule has 1 fully saturated rings. The fourth-order valence-electron chi connectivity index (χ4n) is 3.31. The minimum atomic E-state index is -0.524. The summed E-state index contributed by atoms with van der Waals surface area (Å²) in [5, 5.41) is 22.7. The van der Waals surface area contributed by atoms with E-state index >= 15 is 0 Å². The van der Waals surface area contributed by atoms with Gasteiger partial charge in [0.05, 0.1) is 24.8 Å². The van der Waals surface area contributed by atoms with Gasteiger partial charge in [-0.05, 0) is 37.6 Å². The second kappa shape index (κ2) is 8.75. The van der Waals surface area contributed by atoms with Crippen LogP contribution in [0.4, 0.5) is 5.82 Å². The summed E-state index contributed by atoms with van der Waals surface area (Å²) in [7, 11) is 1.61. The Morgan fingerprint density at radius 1 is 1.32 bits per heavy atom. The number of nitrogens with zero attached hydrogens (tertiary/aromatic N) is 6. The van der Waals surface area contributed by atoms with E-state index in [2.05, 4.69) is 21.4 Å². The van der Waals surface area contributed by atoms with Crippen molar-refractivity contribution in [3.63, 3.8) is 0 Å². The zero-order valence-corrected chi connectivity index (χ0v) is 18.1. The fourth-order valence-corrected chi connectivity index (χ4v) is 4.33. The number of aryl methyl sites for hydroxylation is 1. The molecule has 1 saturated heterocycles. The van der Waals surface area contributed by atoms with Gasteiger partial charge in [0.15, 0.2) is 17.2 Å². The maximum atomic E-state index is 12.6. The van der Waals surface area contributed by atoms with Gasteiger partial charge in [-0.25, -0.2) is 0 Å². The summed E-state index contributed by atoms with van der Waals surface area (Å²) in [6.07, 6.45) is 1.42. The maximum absolute atomic E-state index is 12.6. The van der Waals surface area contributed by atoms with Crippen molar-refractivity contribution in [1.82, 2.24) is 20.0 Å². The molecule has 158 valence electrons. The van der Waals surface area contributed by atoms with Crippen molar-refractivity contribution in [3.8, 4) is 28.9 Å². The Morgan fingerprint density at radius 2 is 2.16 bits per heavy atom. The third-order valence-electron chi connectivity index (χ3n) is 4.76.